The molecule has 7 heteroatoms. The van der Waals surface area contributed by atoms with E-state index in [4.69, 9.17) is 0 Å². The number of pyridine rings is 1. The number of rotatable bonds is 4. The van der Waals surface area contributed by atoms with E-state index in [0.717, 1.165) is 5.56 Å². The van der Waals surface area contributed by atoms with Crippen molar-refractivity contribution in [3.63, 3.8) is 0 Å². The maximum atomic E-state index is 12.8. The first-order valence-corrected chi connectivity index (χ1v) is 6.78. The number of hydrogen-bond donors (Lipinski definition) is 0. The smallest absolute Gasteiger partial charge is 0.310 e. The van der Waals surface area contributed by atoms with Gasteiger partial charge in [0.2, 0.25) is 0 Å². The molecule has 0 N–H and O–H groups in total. The third-order valence-corrected chi connectivity index (χ3v) is 4.06. The third-order valence-electron chi connectivity index (χ3n) is 2.11. The largest absolute Gasteiger partial charge is 0.469 e. The molecule has 0 amide bonds. The Labute approximate surface area is 119 Å². The van der Waals surface area contributed by atoms with Crippen LogP contribution in [0.25, 0.3) is 0 Å². The topological polar surface area (TPSA) is 39.2 Å². The minimum Gasteiger partial charge on any atom is -0.469 e. The summed E-state index contributed by atoms with van der Waals surface area (Å²) in [5.74, 6) is -0.557. The molecule has 0 saturated carbocycles. The molecule has 1 rings (SSSR count). The predicted octanol–water partition coefficient (Wildman–Crippen LogP) is 3.23. The number of esters is 1. The van der Waals surface area contributed by atoms with Gasteiger partial charge in [0.05, 0.1) is 13.5 Å². The number of aromatic nitrogens is 1. The fourth-order valence-electron chi connectivity index (χ4n) is 1.25. The monoisotopic (exact) mass is 419 g/mol. The van der Waals surface area contributed by atoms with Crippen LogP contribution < -0.4 is 0 Å². The van der Waals surface area contributed by atoms with Gasteiger partial charge < -0.3 is 4.74 Å². The maximum Gasteiger partial charge on any atom is 0.310 e. The summed E-state index contributed by atoms with van der Waals surface area (Å²) in [6, 6.07) is 0. The van der Waals surface area contributed by atoms with E-state index >= 15 is 0 Å². The highest BCUT2D eigenvalue weighted by atomic mass is 127. The number of carbonyl (C=O) groups excluding carboxylic acids is 1. The fraction of sp³-hybridized carbons (Fsp3) is 0.400. The molecular weight excluding hydrogens is 411 g/mol. The van der Waals surface area contributed by atoms with Gasteiger partial charge in [0, 0.05) is 20.7 Å². The molecule has 1 aromatic heterocycles. The third kappa shape index (κ3) is 3.57. The number of hydrogen-bond acceptors (Lipinski definition) is 3. The van der Waals surface area contributed by atoms with Crippen molar-refractivity contribution in [2.24, 2.45) is 0 Å². The van der Waals surface area contributed by atoms with Crippen molar-refractivity contribution in [2.45, 2.75) is 18.2 Å². The van der Waals surface area contributed by atoms with Gasteiger partial charge in [-0.2, -0.15) is 0 Å². The molecule has 0 aliphatic rings. The molecule has 0 fully saturated rings. The van der Waals surface area contributed by atoms with Crippen LogP contribution in [0.4, 0.5) is 8.78 Å². The van der Waals surface area contributed by atoms with Crippen molar-refractivity contribution >= 4 is 44.5 Å². The Kier molecular flexibility index (Phi) is 5.71. The lowest BCUT2D eigenvalue weighted by atomic mass is 10.1. The highest BCUT2D eigenvalue weighted by Crippen LogP contribution is 2.28. The summed E-state index contributed by atoms with van der Waals surface area (Å²) in [5.41, 5.74) is 0.655. The van der Waals surface area contributed by atoms with Gasteiger partial charge in [0.1, 0.15) is 5.69 Å². The van der Waals surface area contributed by atoms with Crippen LogP contribution in [0.1, 0.15) is 23.2 Å². The van der Waals surface area contributed by atoms with Crippen molar-refractivity contribution < 1.29 is 18.3 Å². The molecule has 0 bridgehead atoms. The maximum absolute atomic E-state index is 12.8. The molecule has 1 aromatic rings. The highest BCUT2D eigenvalue weighted by molar-refractivity contribution is 14.1. The van der Waals surface area contributed by atoms with E-state index in [1.54, 1.807) is 0 Å². The first-order chi connectivity index (χ1) is 8.01. The molecule has 3 nitrogen and oxygen atoms in total. The lowest BCUT2D eigenvalue weighted by Crippen LogP contribution is -2.11. The van der Waals surface area contributed by atoms with Crippen molar-refractivity contribution in [2.75, 3.05) is 7.11 Å². The van der Waals surface area contributed by atoms with Crippen LogP contribution in [0.2, 0.25) is 0 Å². The van der Waals surface area contributed by atoms with E-state index in [1.165, 1.54) is 13.3 Å². The quantitative estimate of drug-likeness (QED) is 0.427. The fourth-order valence-corrected chi connectivity index (χ4v) is 3.00. The zero-order valence-corrected chi connectivity index (χ0v) is 12.6. The van der Waals surface area contributed by atoms with E-state index in [1.807, 2.05) is 22.6 Å². The number of methoxy groups -OCH3 is 1. The molecule has 94 valence electrons. The van der Waals surface area contributed by atoms with E-state index in [0.29, 0.717) is 8.90 Å². The second-order valence-corrected chi connectivity index (χ2v) is 4.79. The first kappa shape index (κ1) is 14.7. The normalized spacial score (nSPS) is 10.7. The molecule has 0 saturated heterocycles. The summed E-state index contributed by atoms with van der Waals surface area (Å²) in [5, 5.41) is 0.496. The second kappa shape index (κ2) is 6.58. The van der Waals surface area contributed by atoms with Crippen LogP contribution >= 0.6 is 38.5 Å². The van der Waals surface area contributed by atoms with E-state index < -0.39 is 12.4 Å². The van der Waals surface area contributed by atoms with Crippen LogP contribution in [0, 0.1) is 3.57 Å². The summed E-state index contributed by atoms with van der Waals surface area (Å²) >= 11 is 5.18. The number of alkyl halides is 3. The van der Waals surface area contributed by atoms with E-state index in [-0.39, 0.29) is 17.7 Å². The summed E-state index contributed by atoms with van der Waals surface area (Å²) in [6.07, 6.45) is -1.51. The minimum atomic E-state index is -2.70. The minimum absolute atomic E-state index is 0.192. The zero-order chi connectivity index (χ0) is 13.0. The molecule has 0 radical (unpaired) electrons. The molecule has 0 atom stereocenters. The molecular formula is C10H9BrF2INO2. The molecule has 17 heavy (non-hydrogen) atoms. The molecule has 0 unspecified atom stereocenters. The highest BCUT2D eigenvalue weighted by Gasteiger charge is 2.21. The number of nitrogens with zero attached hydrogens (tertiary/aromatic N) is 1. The van der Waals surface area contributed by atoms with Crippen LogP contribution in [-0.4, -0.2) is 18.1 Å². The number of halogens is 4. The van der Waals surface area contributed by atoms with Crippen molar-refractivity contribution in [1.82, 2.24) is 4.98 Å². The zero-order valence-electron chi connectivity index (χ0n) is 8.84. The second-order valence-electron chi connectivity index (χ2n) is 3.15. The van der Waals surface area contributed by atoms with Gasteiger partial charge in [-0.15, -0.1) is 0 Å². The van der Waals surface area contributed by atoms with Crippen LogP contribution in [0.15, 0.2) is 6.20 Å². The summed E-state index contributed by atoms with van der Waals surface area (Å²) in [6.45, 7) is 0. The van der Waals surface area contributed by atoms with Crippen molar-refractivity contribution in [3.05, 3.63) is 26.6 Å². The Balaban J connectivity index is 3.24. The molecule has 0 aliphatic carbocycles. The van der Waals surface area contributed by atoms with Gasteiger partial charge in [0.25, 0.3) is 6.43 Å². The molecule has 0 aromatic carbocycles. The Hall–Kier alpha value is -0.310. The number of carbonyl (C=O) groups is 1. The van der Waals surface area contributed by atoms with Gasteiger partial charge in [-0.05, 0) is 28.2 Å². The molecule has 0 aliphatic heterocycles. The van der Waals surface area contributed by atoms with E-state index in [2.05, 4.69) is 25.7 Å². The predicted molar refractivity (Wildman–Crippen MR) is 70.3 cm³/mol. The van der Waals surface area contributed by atoms with Crippen LogP contribution in [0.5, 0.6) is 0 Å². The van der Waals surface area contributed by atoms with Crippen LogP contribution in [0.3, 0.4) is 0 Å². The lowest BCUT2D eigenvalue weighted by molar-refractivity contribution is -0.139. The SMILES string of the molecule is COC(=O)Cc1c(C(F)F)ncc(CBr)c1I. The van der Waals surface area contributed by atoms with Gasteiger partial charge in [-0.1, -0.05) is 15.9 Å². The number of ether oxygens (including phenoxy) is 1. The van der Waals surface area contributed by atoms with Crippen molar-refractivity contribution in [3.8, 4) is 0 Å². The van der Waals surface area contributed by atoms with Gasteiger partial charge in [0.15, 0.2) is 0 Å². The van der Waals surface area contributed by atoms with Gasteiger partial charge in [-0.3, -0.25) is 9.78 Å². The lowest BCUT2D eigenvalue weighted by Gasteiger charge is -2.12. The Bertz CT molecular complexity index is 429. The average molecular weight is 420 g/mol. The van der Waals surface area contributed by atoms with Crippen LogP contribution in [-0.2, 0) is 21.3 Å². The van der Waals surface area contributed by atoms with E-state index in [9.17, 15) is 13.6 Å². The van der Waals surface area contributed by atoms with Gasteiger partial charge >= 0.3 is 5.97 Å². The molecule has 0 spiro atoms. The Morgan fingerprint density at radius 3 is 2.76 bits per heavy atom. The summed E-state index contributed by atoms with van der Waals surface area (Å²) in [4.78, 5) is 14.9. The summed E-state index contributed by atoms with van der Waals surface area (Å²) < 4.78 is 30.6. The standard InChI is InChI=1S/C10H9BrF2INO2/c1-17-7(16)2-6-8(14)5(3-11)4-15-9(6)10(12)13/h4,10H,2-3H2,1H3. The Morgan fingerprint density at radius 1 is 1.65 bits per heavy atom. The average Bonchev–Trinajstić information content (AvgIpc) is 2.30. The first-order valence-electron chi connectivity index (χ1n) is 4.58. The van der Waals surface area contributed by atoms with Gasteiger partial charge in [-0.25, -0.2) is 8.78 Å². The Morgan fingerprint density at radius 2 is 2.29 bits per heavy atom. The summed E-state index contributed by atoms with van der Waals surface area (Å²) in [7, 11) is 1.22. The molecule has 1 heterocycles. The van der Waals surface area contributed by atoms with Crippen molar-refractivity contribution in [1.29, 1.82) is 0 Å².